The lowest BCUT2D eigenvalue weighted by molar-refractivity contribution is 0.0240. The van der Waals surface area contributed by atoms with Crippen molar-refractivity contribution < 1.29 is 9.84 Å². The third kappa shape index (κ3) is 3.63. The zero-order valence-corrected chi connectivity index (χ0v) is 8.84. The molecule has 1 saturated heterocycles. The van der Waals surface area contributed by atoms with Gasteiger partial charge in [0, 0.05) is 25.3 Å². The zero-order chi connectivity index (χ0) is 9.90. The minimum Gasteiger partial charge on any atom is -0.389 e. The van der Waals surface area contributed by atoms with Crippen LogP contribution in [0, 0.1) is 0 Å². The second kappa shape index (κ2) is 4.40. The van der Waals surface area contributed by atoms with E-state index in [1.807, 2.05) is 20.8 Å². The summed E-state index contributed by atoms with van der Waals surface area (Å²) in [6.07, 6.45) is 2.11. The Labute approximate surface area is 80.5 Å². The molecular weight excluding hydrogens is 166 g/mol. The number of hydrogen-bond acceptors (Lipinski definition) is 3. The summed E-state index contributed by atoms with van der Waals surface area (Å²) < 4.78 is 5.26. The molecule has 3 heteroatoms. The number of ether oxygens (including phenoxy) is 1. The minimum atomic E-state index is -0.641. The molecule has 1 unspecified atom stereocenters. The van der Waals surface area contributed by atoms with Crippen molar-refractivity contribution >= 4 is 0 Å². The molecule has 1 aliphatic rings. The largest absolute Gasteiger partial charge is 0.389 e. The third-order valence-electron chi connectivity index (χ3n) is 2.77. The molecule has 0 bridgehead atoms. The van der Waals surface area contributed by atoms with Gasteiger partial charge in [-0.05, 0) is 33.6 Å². The first-order chi connectivity index (χ1) is 6.00. The molecule has 1 fully saturated rings. The normalized spacial score (nSPS) is 23.1. The van der Waals surface area contributed by atoms with Gasteiger partial charge in [-0.2, -0.15) is 0 Å². The van der Waals surface area contributed by atoms with Crippen molar-refractivity contribution in [1.29, 1.82) is 0 Å². The first kappa shape index (κ1) is 11.0. The smallest absolute Gasteiger partial charge is 0.0741 e. The molecule has 78 valence electrons. The molecule has 0 aromatic carbocycles. The maximum absolute atomic E-state index is 9.72. The van der Waals surface area contributed by atoms with Crippen molar-refractivity contribution in [2.24, 2.45) is 0 Å². The van der Waals surface area contributed by atoms with Crippen molar-refractivity contribution in [3.05, 3.63) is 0 Å². The van der Waals surface area contributed by atoms with E-state index in [1.54, 1.807) is 0 Å². The highest BCUT2D eigenvalue weighted by molar-refractivity contribution is 4.83. The van der Waals surface area contributed by atoms with Crippen LogP contribution in [0.2, 0.25) is 0 Å². The van der Waals surface area contributed by atoms with Gasteiger partial charge >= 0.3 is 0 Å². The fraction of sp³-hybridized carbons (Fsp3) is 1.00. The molecular formula is C10H21NO2. The molecule has 1 heterocycles. The monoisotopic (exact) mass is 187 g/mol. The highest BCUT2D eigenvalue weighted by Crippen LogP contribution is 2.12. The quantitative estimate of drug-likeness (QED) is 0.690. The second-order valence-corrected chi connectivity index (χ2v) is 4.43. The average molecular weight is 187 g/mol. The molecule has 0 aromatic heterocycles. The molecule has 13 heavy (non-hydrogen) atoms. The first-order valence-corrected chi connectivity index (χ1v) is 5.06. The predicted octanol–water partition coefficient (Wildman–Crippen LogP) is 0.914. The van der Waals surface area contributed by atoms with Gasteiger partial charge in [0.15, 0.2) is 0 Å². The van der Waals surface area contributed by atoms with Gasteiger partial charge in [0.05, 0.1) is 5.60 Å². The number of nitrogens with one attached hydrogen (secondary N) is 1. The summed E-state index contributed by atoms with van der Waals surface area (Å²) in [5, 5.41) is 13.2. The number of hydrogen-bond donors (Lipinski definition) is 2. The van der Waals surface area contributed by atoms with E-state index in [9.17, 15) is 5.11 Å². The Balaban J connectivity index is 2.30. The van der Waals surface area contributed by atoms with Crippen LogP contribution in [0.4, 0.5) is 0 Å². The molecule has 0 amide bonds. The summed E-state index contributed by atoms with van der Waals surface area (Å²) in [6, 6.07) is 0.644. The van der Waals surface area contributed by atoms with Gasteiger partial charge in [0.2, 0.25) is 0 Å². The molecule has 0 aliphatic carbocycles. The minimum absolute atomic E-state index is 0.135. The lowest BCUT2D eigenvalue weighted by Gasteiger charge is -2.32. The van der Waals surface area contributed by atoms with Gasteiger partial charge in [0.1, 0.15) is 0 Å². The highest BCUT2D eigenvalue weighted by atomic mass is 16.5. The van der Waals surface area contributed by atoms with Crippen LogP contribution in [0.1, 0.15) is 33.6 Å². The molecule has 2 N–H and O–H groups in total. The topological polar surface area (TPSA) is 41.5 Å². The van der Waals surface area contributed by atoms with Crippen LogP contribution in [-0.4, -0.2) is 36.0 Å². The van der Waals surface area contributed by atoms with E-state index in [0.29, 0.717) is 6.04 Å². The summed E-state index contributed by atoms with van der Waals surface area (Å²) in [7, 11) is 0. The summed E-state index contributed by atoms with van der Waals surface area (Å²) in [5.41, 5.74) is -0.641. The van der Waals surface area contributed by atoms with Crippen molar-refractivity contribution in [3.63, 3.8) is 0 Å². The number of aliphatic hydroxyl groups is 1. The fourth-order valence-electron chi connectivity index (χ4n) is 1.42. The van der Waals surface area contributed by atoms with E-state index in [0.717, 1.165) is 26.1 Å². The molecule has 1 rings (SSSR count). The van der Waals surface area contributed by atoms with Gasteiger partial charge in [-0.15, -0.1) is 0 Å². The summed E-state index contributed by atoms with van der Waals surface area (Å²) >= 11 is 0. The summed E-state index contributed by atoms with van der Waals surface area (Å²) in [4.78, 5) is 0. The maximum atomic E-state index is 9.72. The van der Waals surface area contributed by atoms with Crippen molar-refractivity contribution in [2.75, 3.05) is 13.2 Å². The molecule has 3 nitrogen and oxygen atoms in total. The highest BCUT2D eigenvalue weighted by Gasteiger charge is 2.25. The third-order valence-corrected chi connectivity index (χ3v) is 2.77. The van der Waals surface area contributed by atoms with Crippen LogP contribution in [0.15, 0.2) is 0 Å². The Hall–Kier alpha value is -0.120. The van der Waals surface area contributed by atoms with Gasteiger partial charge < -0.3 is 15.2 Å². The predicted molar refractivity (Wildman–Crippen MR) is 52.7 cm³/mol. The first-order valence-electron chi connectivity index (χ1n) is 5.06. The van der Waals surface area contributed by atoms with Gasteiger partial charge in [-0.25, -0.2) is 0 Å². The fourth-order valence-corrected chi connectivity index (χ4v) is 1.42. The van der Waals surface area contributed by atoms with Crippen molar-refractivity contribution in [2.45, 2.75) is 51.3 Å². The lowest BCUT2D eigenvalue weighted by Crippen LogP contribution is -2.50. The SMILES string of the molecule is CC(NC1CCOCC1)C(C)(C)O. The van der Waals surface area contributed by atoms with Crippen LogP contribution in [0.3, 0.4) is 0 Å². The Kier molecular flexibility index (Phi) is 3.71. The average Bonchev–Trinajstić information content (AvgIpc) is 2.04. The van der Waals surface area contributed by atoms with E-state index in [-0.39, 0.29) is 6.04 Å². The standard InChI is InChI=1S/C10H21NO2/c1-8(10(2,3)12)11-9-4-6-13-7-5-9/h8-9,11-12H,4-7H2,1-3H3. The number of rotatable bonds is 3. The van der Waals surface area contributed by atoms with Crippen LogP contribution >= 0.6 is 0 Å². The van der Waals surface area contributed by atoms with Gasteiger partial charge in [-0.1, -0.05) is 0 Å². The van der Waals surface area contributed by atoms with Crippen LogP contribution < -0.4 is 5.32 Å². The van der Waals surface area contributed by atoms with E-state index >= 15 is 0 Å². The lowest BCUT2D eigenvalue weighted by atomic mass is 9.98. The van der Waals surface area contributed by atoms with Gasteiger partial charge in [0.25, 0.3) is 0 Å². The molecule has 0 saturated carbocycles. The maximum Gasteiger partial charge on any atom is 0.0741 e. The summed E-state index contributed by atoms with van der Waals surface area (Å²) in [6.45, 7) is 7.38. The Morgan fingerprint density at radius 2 is 1.92 bits per heavy atom. The van der Waals surface area contributed by atoms with E-state index < -0.39 is 5.60 Å². The zero-order valence-electron chi connectivity index (χ0n) is 8.84. The van der Waals surface area contributed by atoms with E-state index in [4.69, 9.17) is 4.74 Å². The van der Waals surface area contributed by atoms with Crippen molar-refractivity contribution in [1.82, 2.24) is 5.32 Å². The van der Waals surface area contributed by atoms with Crippen LogP contribution in [0.25, 0.3) is 0 Å². The Bertz CT molecular complexity index is 147. The van der Waals surface area contributed by atoms with Gasteiger partial charge in [-0.3, -0.25) is 0 Å². The van der Waals surface area contributed by atoms with E-state index in [2.05, 4.69) is 5.32 Å². The molecule has 0 aromatic rings. The summed E-state index contributed by atoms with van der Waals surface area (Å²) in [5.74, 6) is 0. The molecule has 1 aliphatic heterocycles. The van der Waals surface area contributed by atoms with Crippen LogP contribution in [0.5, 0.6) is 0 Å². The Morgan fingerprint density at radius 3 is 2.38 bits per heavy atom. The van der Waals surface area contributed by atoms with Crippen LogP contribution in [-0.2, 0) is 4.74 Å². The van der Waals surface area contributed by atoms with E-state index in [1.165, 1.54) is 0 Å². The molecule has 0 radical (unpaired) electrons. The van der Waals surface area contributed by atoms with Crippen molar-refractivity contribution in [3.8, 4) is 0 Å². The second-order valence-electron chi connectivity index (χ2n) is 4.43. The molecule has 0 spiro atoms. The molecule has 1 atom stereocenters. The Morgan fingerprint density at radius 1 is 1.38 bits per heavy atom.